The first-order valence-electron chi connectivity index (χ1n) is 8.85. The molecule has 0 fully saturated rings. The Hall–Kier alpha value is -2.94. The molecule has 7 nitrogen and oxygen atoms in total. The van der Waals surface area contributed by atoms with E-state index in [2.05, 4.69) is 4.72 Å². The lowest BCUT2D eigenvalue weighted by atomic mass is 10.2. The Morgan fingerprint density at radius 3 is 2.43 bits per heavy atom. The molecule has 0 spiro atoms. The number of rotatable bonds is 8. The van der Waals surface area contributed by atoms with E-state index in [1.165, 1.54) is 25.3 Å². The quantitative estimate of drug-likeness (QED) is 0.501. The third-order valence-electron chi connectivity index (χ3n) is 4.19. The van der Waals surface area contributed by atoms with Crippen LogP contribution in [0, 0.1) is 0 Å². The molecule has 0 aliphatic heterocycles. The minimum Gasteiger partial charge on any atom is -0.497 e. The molecule has 9 heteroatoms. The van der Waals surface area contributed by atoms with Gasteiger partial charge in [0.2, 0.25) is 10.0 Å². The fourth-order valence-electron chi connectivity index (χ4n) is 2.73. The van der Waals surface area contributed by atoms with E-state index in [1.807, 2.05) is 0 Å². The van der Waals surface area contributed by atoms with Crippen molar-refractivity contribution < 1.29 is 22.6 Å². The minimum atomic E-state index is -3.87. The average Bonchev–Trinajstić information content (AvgIpc) is 2.71. The molecule has 30 heavy (non-hydrogen) atoms. The van der Waals surface area contributed by atoms with Crippen LogP contribution in [0.25, 0.3) is 0 Å². The highest BCUT2D eigenvalue weighted by Crippen LogP contribution is 2.29. The van der Waals surface area contributed by atoms with Gasteiger partial charge < -0.3 is 19.9 Å². The lowest BCUT2D eigenvalue weighted by Crippen LogP contribution is -2.23. The number of nitrogens with two attached hydrogens (primary N) is 1. The Labute approximate surface area is 180 Å². The van der Waals surface area contributed by atoms with Gasteiger partial charge in [-0.25, -0.2) is 13.1 Å². The van der Waals surface area contributed by atoms with Gasteiger partial charge in [-0.2, -0.15) is 0 Å². The van der Waals surface area contributed by atoms with Crippen LogP contribution in [0.3, 0.4) is 0 Å². The van der Waals surface area contributed by atoms with Gasteiger partial charge in [0.25, 0.3) is 0 Å². The summed E-state index contributed by atoms with van der Waals surface area (Å²) in [6.45, 7) is 0.0226. The van der Waals surface area contributed by atoms with Crippen molar-refractivity contribution in [2.45, 2.75) is 11.4 Å². The molecule has 0 amide bonds. The SMILES string of the molecule is COc1ccc(CNS(=O)(=O)c2cc(N)cc(Oc3cccc(Cl)c3)c2)c(OC)c1. The summed E-state index contributed by atoms with van der Waals surface area (Å²) in [7, 11) is -0.822. The Morgan fingerprint density at radius 1 is 0.933 bits per heavy atom. The van der Waals surface area contributed by atoms with Crippen molar-refractivity contribution in [2.24, 2.45) is 0 Å². The number of methoxy groups -OCH3 is 2. The number of benzene rings is 3. The van der Waals surface area contributed by atoms with Gasteiger partial charge in [0.15, 0.2) is 0 Å². The Morgan fingerprint density at radius 2 is 1.73 bits per heavy atom. The van der Waals surface area contributed by atoms with E-state index < -0.39 is 10.0 Å². The number of halogens is 1. The summed E-state index contributed by atoms with van der Waals surface area (Å²) >= 11 is 5.96. The second-order valence-electron chi connectivity index (χ2n) is 6.30. The molecule has 0 aromatic heterocycles. The molecule has 3 N–H and O–H groups in total. The molecular formula is C21H21ClN2O5S. The first-order chi connectivity index (χ1) is 14.3. The number of hydrogen-bond acceptors (Lipinski definition) is 6. The third kappa shape index (κ3) is 5.35. The number of sulfonamides is 1. The Kier molecular flexibility index (Phi) is 6.71. The van der Waals surface area contributed by atoms with E-state index in [1.54, 1.807) is 49.6 Å². The summed E-state index contributed by atoms with van der Waals surface area (Å²) in [5.41, 5.74) is 6.79. The predicted molar refractivity (Wildman–Crippen MR) is 116 cm³/mol. The van der Waals surface area contributed by atoms with Crippen LogP contribution in [0.15, 0.2) is 65.6 Å². The molecule has 0 saturated carbocycles. The average molecular weight is 449 g/mol. The predicted octanol–water partition coefficient (Wildman–Crippen LogP) is 4.21. The fourth-order valence-corrected chi connectivity index (χ4v) is 3.98. The van der Waals surface area contributed by atoms with Gasteiger partial charge in [-0.1, -0.05) is 23.7 Å². The maximum atomic E-state index is 12.8. The summed E-state index contributed by atoms with van der Waals surface area (Å²) in [5.74, 6) is 1.86. The third-order valence-corrected chi connectivity index (χ3v) is 5.81. The number of nitrogens with one attached hydrogen (secondary N) is 1. The number of hydrogen-bond donors (Lipinski definition) is 2. The molecule has 3 rings (SSSR count). The molecular weight excluding hydrogens is 428 g/mol. The monoisotopic (exact) mass is 448 g/mol. The number of anilines is 1. The van der Waals surface area contributed by atoms with Crippen molar-refractivity contribution in [3.63, 3.8) is 0 Å². The van der Waals surface area contributed by atoms with Gasteiger partial charge in [-0.3, -0.25) is 0 Å². The molecule has 0 aliphatic carbocycles. The Balaban J connectivity index is 1.81. The molecule has 0 heterocycles. The minimum absolute atomic E-state index is 0.0213. The first-order valence-corrected chi connectivity index (χ1v) is 10.7. The van der Waals surface area contributed by atoms with E-state index in [0.29, 0.717) is 27.8 Å². The van der Waals surface area contributed by atoms with E-state index in [-0.39, 0.29) is 22.9 Å². The van der Waals surface area contributed by atoms with Gasteiger partial charge in [0.1, 0.15) is 23.0 Å². The summed E-state index contributed by atoms with van der Waals surface area (Å²) in [4.78, 5) is -0.0213. The lowest BCUT2D eigenvalue weighted by Gasteiger charge is -2.13. The van der Waals surface area contributed by atoms with Crippen molar-refractivity contribution in [3.05, 3.63) is 71.2 Å². The topological polar surface area (TPSA) is 99.9 Å². The van der Waals surface area contributed by atoms with E-state index >= 15 is 0 Å². The van der Waals surface area contributed by atoms with Crippen molar-refractivity contribution in [2.75, 3.05) is 20.0 Å². The second kappa shape index (κ2) is 9.25. The second-order valence-corrected chi connectivity index (χ2v) is 8.50. The van der Waals surface area contributed by atoms with Crippen LogP contribution in [-0.2, 0) is 16.6 Å². The zero-order valence-corrected chi connectivity index (χ0v) is 18.0. The Bertz CT molecular complexity index is 1150. The highest BCUT2D eigenvalue weighted by atomic mass is 35.5. The van der Waals surface area contributed by atoms with Gasteiger partial charge >= 0.3 is 0 Å². The van der Waals surface area contributed by atoms with E-state index in [9.17, 15) is 8.42 Å². The molecule has 0 saturated heterocycles. The van der Waals surface area contributed by atoms with Crippen LogP contribution in [0.1, 0.15) is 5.56 Å². The normalized spacial score (nSPS) is 11.2. The van der Waals surface area contributed by atoms with Crippen LogP contribution in [0.2, 0.25) is 5.02 Å². The van der Waals surface area contributed by atoms with Crippen LogP contribution < -0.4 is 24.7 Å². The van der Waals surface area contributed by atoms with Gasteiger partial charge in [-0.05, 0) is 30.3 Å². The number of ether oxygens (including phenoxy) is 3. The van der Waals surface area contributed by atoms with E-state index in [0.717, 1.165) is 0 Å². The van der Waals surface area contributed by atoms with Gasteiger partial charge in [0, 0.05) is 41.0 Å². The first kappa shape index (κ1) is 21.8. The fraction of sp³-hybridized carbons (Fsp3) is 0.143. The van der Waals surface area contributed by atoms with Crippen LogP contribution in [0.5, 0.6) is 23.0 Å². The highest BCUT2D eigenvalue weighted by Gasteiger charge is 2.17. The molecule has 3 aromatic carbocycles. The van der Waals surface area contributed by atoms with E-state index in [4.69, 9.17) is 31.5 Å². The summed E-state index contributed by atoms with van der Waals surface area (Å²) in [6, 6.07) is 16.2. The highest BCUT2D eigenvalue weighted by molar-refractivity contribution is 7.89. The van der Waals surface area contributed by atoms with Crippen molar-refractivity contribution in [1.82, 2.24) is 4.72 Å². The zero-order chi connectivity index (χ0) is 21.7. The maximum absolute atomic E-state index is 12.8. The van der Waals surface area contributed by atoms with Crippen molar-refractivity contribution >= 4 is 27.3 Å². The lowest BCUT2D eigenvalue weighted by molar-refractivity contribution is 0.390. The van der Waals surface area contributed by atoms with Gasteiger partial charge in [-0.15, -0.1) is 0 Å². The molecule has 0 unspecified atom stereocenters. The molecule has 158 valence electrons. The summed E-state index contributed by atoms with van der Waals surface area (Å²) in [5, 5.41) is 0.499. The molecule has 0 radical (unpaired) electrons. The van der Waals surface area contributed by atoms with Crippen molar-refractivity contribution in [3.8, 4) is 23.0 Å². The summed E-state index contributed by atoms with van der Waals surface area (Å²) < 4.78 is 44.4. The summed E-state index contributed by atoms with van der Waals surface area (Å²) in [6.07, 6.45) is 0. The van der Waals surface area contributed by atoms with Crippen LogP contribution in [-0.4, -0.2) is 22.6 Å². The van der Waals surface area contributed by atoms with Crippen LogP contribution in [0.4, 0.5) is 5.69 Å². The van der Waals surface area contributed by atoms with Gasteiger partial charge in [0.05, 0.1) is 19.1 Å². The van der Waals surface area contributed by atoms with Crippen LogP contribution >= 0.6 is 11.6 Å². The standard InChI is InChI=1S/C21H21ClN2O5S/c1-27-17-7-6-14(21(12-17)28-2)13-24-30(25,26)20-10-16(23)9-19(11-20)29-18-5-3-4-15(22)8-18/h3-12,24H,13,23H2,1-2H3. The number of nitrogen functional groups attached to an aromatic ring is 1. The molecule has 3 aromatic rings. The molecule has 0 aliphatic rings. The zero-order valence-electron chi connectivity index (χ0n) is 16.4. The maximum Gasteiger partial charge on any atom is 0.241 e. The smallest absolute Gasteiger partial charge is 0.241 e. The largest absolute Gasteiger partial charge is 0.497 e. The molecule has 0 atom stereocenters. The molecule has 0 bridgehead atoms. The van der Waals surface area contributed by atoms with Crippen molar-refractivity contribution in [1.29, 1.82) is 0 Å².